The molecule has 2 aliphatic carbocycles. The molecule has 4 aromatic rings. The molecule has 1 aliphatic heterocycles. The minimum atomic E-state index is -0.370. The Morgan fingerprint density at radius 1 is 0.909 bits per heavy atom. The highest BCUT2D eigenvalue weighted by Crippen LogP contribution is 2.49. The Morgan fingerprint density at radius 2 is 1.69 bits per heavy atom. The lowest BCUT2D eigenvalue weighted by Crippen LogP contribution is -2.37. The van der Waals surface area contributed by atoms with Crippen molar-refractivity contribution < 1.29 is 0 Å². The van der Waals surface area contributed by atoms with Gasteiger partial charge in [0.2, 0.25) is 0 Å². The normalized spacial score (nSPS) is 21.5. The molecule has 5 nitrogen and oxygen atoms in total. The molecule has 0 spiro atoms. The number of rotatable bonds is 7. The zero-order valence-electron chi connectivity index (χ0n) is 31.4. The predicted molar refractivity (Wildman–Crippen MR) is 225 cm³/mol. The summed E-state index contributed by atoms with van der Waals surface area (Å²) in [6, 6.07) is 25.0. The van der Waals surface area contributed by atoms with Gasteiger partial charge in [-0.15, -0.1) is 6.42 Å². The van der Waals surface area contributed by atoms with Gasteiger partial charge in [-0.25, -0.2) is 0 Å². The third-order valence-electron chi connectivity index (χ3n) is 11.1. The fourth-order valence-electron chi connectivity index (χ4n) is 8.61. The second kappa shape index (κ2) is 15.1. The van der Waals surface area contributed by atoms with Crippen LogP contribution in [-0.2, 0) is 0 Å². The number of fused-ring (bicyclic) bond motifs is 3. The van der Waals surface area contributed by atoms with Crippen molar-refractivity contribution >= 4 is 33.1 Å². The van der Waals surface area contributed by atoms with Crippen LogP contribution in [0.15, 0.2) is 157 Å². The molecule has 0 fully saturated rings. The van der Waals surface area contributed by atoms with E-state index in [0.717, 1.165) is 50.6 Å². The van der Waals surface area contributed by atoms with Gasteiger partial charge in [0.15, 0.2) is 0 Å². The van der Waals surface area contributed by atoms with Gasteiger partial charge >= 0.3 is 0 Å². The average molecular weight is 712 g/mol. The van der Waals surface area contributed by atoms with Gasteiger partial charge in [-0.2, -0.15) is 15.8 Å². The third-order valence-corrected chi connectivity index (χ3v) is 11.1. The molecule has 5 heteroatoms. The summed E-state index contributed by atoms with van der Waals surface area (Å²) in [6.07, 6.45) is 34.3. The molecule has 3 aromatic carbocycles. The molecule has 0 bridgehead atoms. The van der Waals surface area contributed by atoms with Crippen molar-refractivity contribution in [3.8, 4) is 30.6 Å². The number of anilines is 1. The Kier molecular flexibility index (Phi) is 9.99. The summed E-state index contributed by atoms with van der Waals surface area (Å²) in [6.45, 7) is 10.4. The van der Waals surface area contributed by atoms with E-state index < -0.39 is 0 Å². The van der Waals surface area contributed by atoms with Crippen molar-refractivity contribution in [2.75, 3.05) is 4.90 Å². The number of aromatic nitrogens is 1. The molecular weight excluding hydrogens is 671 g/mol. The quantitative estimate of drug-likeness (QED) is 0.141. The topological polar surface area (TPSA) is 79.5 Å². The van der Waals surface area contributed by atoms with Crippen LogP contribution in [-0.4, -0.2) is 10.6 Å². The summed E-state index contributed by atoms with van der Waals surface area (Å²) in [7, 11) is 0. The van der Waals surface area contributed by atoms with E-state index >= 15 is 0 Å². The van der Waals surface area contributed by atoms with Crippen molar-refractivity contribution in [3.63, 3.8) is 0 Å². The lowest BCUT2D eigenvalue weighted by Gasteiger charge is -2.34. The second-order valence-corrected chi connectivity index (χ2v) is 14.5. The summed E-state index contributed by atoms with van der Waals surface area (Å²) in [5, 5.41) is 32.7. The van der Waals surface area contributed by atoms with E-state index in [9.17, 15) is 15.8 Å². The standard InChI is InChI=1S/C50H41N5/c1-6-9-25-49-50(4,5)43(8-3)47(16-7-2)55(49)48-30-41(37(32-52)29-38(48)33-53)36-19-14-17-35(18-15-20-36)39-21-10-12-23-44(39)54-45-24-13-11-22-40(45)42-28-34(31-51)26-27-46(42)54/h1,7-14,16,18-30,39,44,49H,3,15,17H2,2,4-5H3/b16-7-,19-14?,25-9-,35-18+,36-20?. The van der Waals surface area contributed by atoms with Crippen molar-refractivity contribution in [1.29, 1.82) is 15.8 Å². The summed E-state index contributed by atoms with van der Waals surface area (Å²) >= 11 is 0. The van der Waals surface area contributed by atoms with Gasteiger partial charge in [0, 0.05) is 44.4 Å². The van der Waals surface area contributed by atoms with Crippen LogP contribution in [0.1, 0.15) is 61.9 Å². The first kappa shape index (κ1) is 36.3. The van der Waals surface area contributed by atoms with Gasteiger partial charge in [-0.1, -0.05) is 117 Å². The van der Waals surface area contributed by atoms with Crippen LogP contribution in [0.5, 0.6) is 0 Å². The first-order chi connectivity index (χ1) is 26.8. The monoisotopic (exact) mass is 711 g/mol. The Bertz CT molecular complexity index is 2670. The van der Waals surface area contributed by atoms with E-state index in [-0.39, 0.29) is 23.4 Å². The van der Waals surface area contributed by atoms with Gasteiger partial charge < -0.3 is 9.47 Å². The maximum absolute atomic E-state index is 10.4. The number of benzene rings is 3. The third kappa shape index (κ3) is 6.28. The molecule has 3 unspecified atom stereocenters. The van der Waals surface area contributed by atoms with Gasteiger partial charge in [0.1, 0.15) is 6.07 Å². The van der Waals surface area contributed by atoms with Gasteiger partial charge in [-0.05, 0) is 79.5 Å². The maximum atomic E-state index is 10.4. The summed E-state index contributed by atoms with van der Waals surface area (Å²) in [5.74, 6) is 2.75. The van der Waals surface area contributed by atoms with Crippen LogP contribution in [0, 0.1) is 57.7 Å². The molecule has 0 saturated heterocycles. The zero-order valence-corrected chi connectivity index (χ0v) is 31.4. The second-order valence-electron chi connectivity index (χ2n) is 14.5. The van der Waals surface area contributed by atoms with Crippen molar-refractivity contribution in [2.24, 2.45) is 11.3 Å². The largest absolute Gasteiger partial charge is 0.332 e. The van der Waals surface area contributed by atoms with Crippen molar-refractivity contribution in [2.45, 2.75) is 45.7 Å². The number of nitriles is 3. The van der Waals surface area contributed by atoms with Crippen molar-refractivity contribution in [1.82, 2.24) is 4.57 Å². The smallest absolute Gasteiger partial charge is 0.101 e. The first-order valence-electron chi connectivity index (χ1n) is 18.5. The Morgan fingerprint density at radius 3 is 2.44 bits per heavy atom. The summed E-state index contributed by atoms with van der Waals surface area (Å²) in [4.78, 5) is 2.16. The van der Waals surface area contributed by atoms with Crippen LogP contribution in [0.2, 0.25) is 0 Å². The number of para-hydroxylation sites is 1. The van der Waals surface area contributed by atoms with Gasteiger partial charge in [-0.3, -0.25) is 0 Å². The Hall–Kier alpha value is -7.05. The molecule has 3 aliphatic rings. The zero-order chi connectivity index (χ0) is 38.7. The fourth-order valence-corrected chi connectivity index (χ4v) is 8.61. The summed E-state index contributed by atoms with van der Waals surface area (Å²) in [5.41, 5.74) is 9.08. The number of allylic oxidation sites excluding steroid dienone is 14. The molecule has 266 valence electrons. The Balaban J connectivity index is 1.29. The molecule has 0 amide bonds. The maximum Gasteiger partial charge on any atom is 0.101 e. The van der Waals surface area contributed by atoms with Crippen LogP contribution in [0.3, 0.4) is 0 Å². The van der Waals surface area contributed by atoms with Crippen LogP contribution in [0.25, 0.3) is 27.4 Å². The SMILES string of the molecule is C#C/C=C\C1N(c2cc(C3=CC/C=C(/C4C=CC=CC4n4c5ccccc5c5cc(C#N)ccc54)CC=C3)c(C#N)cc2C#N)C(/C=C\C)=C(C=C)C1(C)C. The molecular formula is C50H41N5. The van der Waals surface area contributed by atoms with Crippen molar-refractivity contribution in [3.05, 3.63) is 179 Å². The number of hydrogen-bond acceptors (Lipinski definition) is 4. The lowest BCUT2D eigenvalue weighted by atomic mass is 9.79. The highest BCUT2D eigenvalue weighted by Gasteiger charge is 2.44. The highest BCUT2D eigenvalue weighted by atomic mass is 15.2. The van der Waals surface area contributed by atoms with E-state index in [1.54, 1.807) is 12.1 Å². The average Bonchev–Trinajstić information content (AvgIpc) is 3.63. The van der Waals surface area contributed by atoms with E-state index in [4.69, 9.17) is 6.42 Å². The minimum absolute atomic E-state index is 0.0372. The highest BCUT2D eigenvalue weighted by molar-refractivity contribution is 6.08. The van der Waals surface area contributed by atoms with Gasteiger partial charge in [0.25, 0.3) is 0 Å². The van der Waals surface area contributed by atoms with Crippen LogP contribution in [0.4, 0.5) is 5.69 Å². The molecule has 0 radical (unpaired) electrons. The number of terminal acetylenes is 1. The van der Waals surface area contributed by atoms with Gasteiger partial charge in [0.05, 0.1) is 46.6 Å². The van der Waals surface area contributed by atoms with E-state index in [0.29, 0.717) is 28.8 Å². The molecule has 0 saturated carbocycles. The van der Waals surface area contributed by atoms with E-state index in [1.807, 2.05) is 49.4 Å². The molecule has 3 atom stereocenters. The molecule has 0 N–H and O–H groups in total. The predicted octanol–water partition coefficient (Wildman–Crippen LogP) is 11.5. The number of hydrogen-bond donors (Lipinski definition) is 0. The van der Waals surface area contributed by atoms with Crippen LogP contribution >= 0.6 is 0 Å². The summed E-state index contributed by atoms with van der Waals surface area (Å²) < 4.78 is 2.42. The molecule has 1 aromatic heterocycles. The first-order valence-corrected chi connectivity index (χ1v) is 18.5. The molecule has 2 heterocycles. The molecule has 55 heavy (non-hydrogen) atoms. The number of nitrogens with zero attached hydrogens (tertiary/aromatic N) is 5. The van der Waals surface area contributed by atoms with Crippen LogP contribution < -0.4 is 4.90 Å². The van der Waals surface area contributed by atoms with E-state index in [1.165, 1.54) is 5.57 Å². The lowest BCUT2D eigenvalue weighted by molar-refractivity contribution is 0.428. The van der Waals surface area contributed by atoms with E-state index in [2.05, 4.69) is 133 Å². The minimum Gasteiger partial charge on any atom is -0.332 e. The Labute approximate surface area is 324 Å². The molecule has 7 rings (SSSR count). The fraction of sp³-hybridized carbons (Fsp3) is 0.180.